The quantitative estimate of drug-likeness (QED) is 0.556. The lowest BCUT2D eigenvalue weighted by atomic mass is 9.99. The van der Waals surface area contributed by atoms with E-state index in [1.165, 1.54) is 0 Å². The first-order chi connectivity index (χ1) is 7.25. The maximum atomic E-state index is 11.0. The molecule has 1 rings (SSSR count). The summed E-state index contributed by atoms with van der Waals surface area (Å²) in [6, 6.07) is 9.11. The highest BCUT2D eigenvalue weighted by Crippen LogP contribution is 2.14. The predicted molar refractivity (Wildman–Crippen MR) is 58.5 cm³/mol. The van der Waals surface area contributed by atoms with Gasteiger partial charge in [0, 0.05) is 6.54 Å². The van der Waals surface area contributed by atoms with E-state index >= 15 is 0 Å². The lowest BCUT2D eigenvalue weighted by molar-refractivity contribution is -0.138. The summed E-state index contributed by atoms with van der Waals surface area (Å²) in [6.07, 6.45) is 5.07. The summed E-state index contributed by atoms with van der Waals surface area (Å²) >= 11 is 0. The van der Waals surface area contributed by atoms with Gasteiger partial charge in [-0.3, -0.25) is 4.79 Å². The van der Waals surface area contributed by atoms with Crippen molar-refractivity contribution in [3.05, 3.63) is 35.9 Å². The number of carboxylic acid groups (broad SMARTS) is 1. The average Bonchev–Trinajstić information content (AvgIpc) is 2.25. The van der Waals surface area contributed by atoms with E-state index in [4.69, 9.17) is 11.5 Å². The van der Waals surface area contributed by atoms with E-state index < -0.39 is 11.9 Å². The lowest BCUT2D eigenvalue weighted by Gasteiger charge is -2.12. The van der Waals surface area contributed by atoms with Crippen molar-refractivity contribution in [2.45, 2.75) is 5.92 Å². The molecule has 78 valence electrons. The molecule has 3 heteroatoms. The van der Waals surface area contributed by atoms with Crippen LogP contribution in [0.2, 0.25) is 0 Å². The summed E-state index contributed by atoms with van der Waals surface area (Å²) in [4.78, 5) is 11.0. The Morgan fingerprint density at radius 2 is 2.13 bits per heavy atom. The van der Waals surface area contributed by atoms with Crippen molar-refractivity contribution in [3.8, 4) is 12.3 Å². The molecular formula is C12H13NO2. The van der Waals surface area contributed by atoms with Gasteiger partial charge in [-0.2, -0.15) is 0 Å². The van der Waals surface area contributed by atoms with E-state index in [0.29, 0.717) is 13.1 Å². The number of nitrogens with one attached hydrogen (secondary N) is 1. The molecule has 0 aliphatic carbocycles. The van der Waals surface area contributed by atoms with Crippen LogP contribution in [0.1, 0.15) is 11.5 Å². The van der Waals surface area contributed by atoms with Gasteiger partial charge in [0.05, 0.1) is 12.5 Å². The van der Waals surface area contributed by atoms with Crippen LogP contribution in [0.15, 0.2) is 30.3 Å². The third-order valence-corrected chi connectivity index (χ3v) is 2.08. The third kappa shape index (κ3) is 3.45. The second-order valence-electron chi connectivity index (χ2n) is 3.14. The minimum absolute atomic E-state index is 0.351. The van der Waals surface area contributed by atoms with Gasteiger partial charge >= 0.3 is 5.97 Å². The Labute approximate surface area is 89.1 Å². The van der Waals surface area contributed by atoms with Crippen molar-refractivity contribution < 1.29 is 9.90 Å². The normalized spacial score (nSPS) is 11.7. The first kappa shape index (κ1) is 11.3. The van der Waals surface area contributed by atoms with Crippen molar-refractivity contribution in [2.24, 2.45) is 0 Å². The van der Waals surface area contributed by atoms with Crippen molar-refractivity contribution in [1.29, 1.82) is 0 Å². The number of benzene rings is 1. The van der Waals surface area contributed by atoms with Crippen LogP contribution in [0.5, 0.6) is 0 Å². The molecule has 0 amide bonds. The lowest BCUT2D eigenvalue weighted by Crippen LogP contribution is -2.27. The monoisotopic (exact) mass is 203 g/mol. The fraction of sp³-hybridized carbons (Fsp3) is 0.250. The second-order valence-corrected chi connectivity index (χ2v) is 3.14. The first-order valence-electron chi connectivity index (χ1n) is 4.67. The molecule has 0 bridgehead atoms. The fourth-order valence-electron chi connectivity index (χ4n) is 1.32. The number of rotatable bonds is 5. The van der Waals surface area contributed by atoms with Gasteiger partial charge in [-0.15, -0.1) is 6.42 Å². The van der Waals surface area contributed by atoms with Crippen LogP contribution in [0.4, 0.5) is 0 Å². The topological polar surface area (TPSA) is 49.3 Å². The number of aliphatic carboxylic acids is 1. The smallest absolute Gasteiger partial charge is 0.312 e. The highest BCUT2D eigenvalue weighted by molar-refractivity contribution is 5.76. The van der Waals surface area contributed by atoms with Gasteiger partial charge in [-0.25, -0.2) is 0 Å². The Morgan fingerprint density at radius 3 is 2.67 bits per heavy atom. The molecule has 0 saturated heterocycles. The van der Waals surface area contributed by atoms with Gasteiger partial charge in [-0.05, 0) is 5.56 Å². The molecular weight excluding hydrogens is 190 g/mol. The Balaban J connectivity index is 2.67. The highest BCUT2D eigenvalue weighted by Gasteiger charge is 2.18. The predicted octanol–water partition coefficient (Wildman–Crippen LogP) is 1.08. The molecule has 1 aromatic carbocycles. The molecule has 0 aromatic heterocycles. The Bertz CT molecular complexity index is 354. The summed E-state index contributed by atoms with van der Waals surface area (Å²) in [5.41, 5.74) is 0.787. The number of carboxylic acids is 1. The van der Waals surface area contributed by atoms with Gasteiger partial charge in [0.15, 0.2) is 0 Å². The summed E-state index contributed by atoms with van der Waals surface area (Å²) in [6.45, 7) is 0.736. The average molecular weight is 203 g/mol. The molecule has 3 nitrogen and oxygen atoms in total. The van der Waals surface area contributed by atoms with Gasteiger partial charge in [-0.1, -0.05) is 36.3 Å². The van der Waals surface area contributed by atoms with E-state index in [1.54, 1.807) is 12.1 Å². The molecule has 1 unspecified atom stereocenters. The summed E-state index contributed by atoms with van der Waals surface area (Å²) in [7, 11) is 0. The molecule has 0 aliphatic rings. The number of hydrogen-bond acceptors (Lipinski definition) is 2. The maximum Gasteiger partial charge on any atom is 0.312 e. The van der Waals surface area contributed by atoms with Crippen molar-refractivity contribution in [3.63, 3.8) is 0 Å². The summed E-state index contributed by atoms with van der Waals surface area (Å²) in [5, 5.41) is 11.9. The molecule has 0 heterocycles. The number of carbonyl (C=O) groups is 1. The molecule has 0 spiro atoms. The number of terminal acetylenes is 1. The van der Waals surface area contributed by atoms with E-state index in [1.807, 2.05) is 18.2 Å². The van der Waals surface area contributed by atoms with Crippen LogP contribution in [0.3, 0.4) is 0 Å². The van der Waals surface area contributed by atoms with E-state index in [0.717, 1.165) is 5.56 Å². The summed E-state index contributed by atoms with van der Waals surface area (Å²) < 4.78 is 0. The third-order valence-electron chi connectivity index (χ3n) is 2.08. The molecule has 0 radical (unpaired) electrons. The molecule has 1 atom stereocenters. The zero-order valence-electron chi connectivity index (χ0n) is 8.31. The molecule has 0 fully saturated rings. The molecule has 15 heavy (non-hydrogen) atoms. The fourth-order valence-corrected chi connectivity index (χ4v) is 1.32. The minimum Gasteiger partial charge on any atom is -0.481 e. The Morgan fingerprint density at radius 1 is 1.47 bits per heavy atom. The molecule has 2 N–H and O–H groups in total. The summed E-state index contributed by atoms with van der Waals surface area (Å²) in [5.74, 6) is 1.03. The van der Waals surface area contributed by atoms with Crippen LogP contribution >= 0.6 is 0 Å². The highest BCUT2D eigenvalue weighted by atomic mass is 16.4. The Kier molecular flexibility index (Phi) is 4.39. The van der Waals surface area contributed by atoms with Crippen LogP contribution in [0, 0.1) is 12.3 Å². The van der Waals surface area contributed by atoms with E-state index in [9.17, 15) is 4.79 Å². The molecule has 0 aliphatic heterocycles. The van der Waals surface area contributed by atoms with Gasteiger partial charge in [0.25, 0.3) is 0 Å². The largest absolute Gasteiger partial charge is 0.481 e. The Hall–Kier alpha value is -1.79. The van der Waals surface area contributed by atoms with Gasteiger partial charge < -0.3 is 10.4 Å². The zero-order chi connectivity index (χ0) is 11.1. The first-order valence-corrected chi connectivity index (χ1v) is 4.67. The van der Waals surface area contributed by atoms with Crippen molar-refractivity contribution in [1.82, 2.24) is 5.32 Å². The second kappa shape index (κ2) is 5.84. The van der Waals surface area contributed by atoms with Crippen molar-refractivity contribution in [2.75, 3.05) is 13.1 Å². The van der Waals surface area contributed by atoms with Crippen LogP contribution in [-0.4, -0.2) is 24.2 Å². The van der Waals surface area contributed by atoms with Crippen LogP contribution in [0.25, 0.3) is 0 Å². The maximum absolute atomic E-state index is 11.0. The van der Waals surface area contributed by atoms with Gasteiger partial charge in [0.1, 0.15) is 0 Å². The number of hydrogen-bond donors (Lipinski definition) is 2. The van der Waals surface area contributed by atoms with Crippen LogP contribution in [-0.2, 0) is 4.79 Å². The van der Waals surface area contributed by atoms with E-state index in [-0.39, 0.29) is 0 Å². The zero-order valence-corrected chi connectivity index (χ0v) is 8.31. The standard InChI is InChI=1S/C12H13NO2/c1-2-8-13-9-11(12(14)15)10-6-4-3-5-7-10/h1,3-7,11,13H,8-9H2,(H,14,15). The van der Waals surface area contributed by atoms with Gasteiger partial charge in [0.2, 0.25) is 0 Å². The van der Waals surface area contributed by atoms with E-state index in [2.05, 4.69) is 11.2 Å². The van der Waals surface area contributed by atoms with Crippen LogP contribution < -0.4 is 5.32 Å². The molecule has 1 aromatic rings. The van der Waals surface area contributed by atoms with Crippen molar-refractivity contribution >= 4 is 5.97 Å². The molecule has 0 saturated carbocycles. The SMILES string of the molecule is C#CCNCC(C(=O)O)c1ccccc1. The minimum atomic E-state index is -0.842.